The Bertz CT molecular complexity index is 656. The van der Waals surface area contributed by atoms with Crippen molar-refractivity contribution in [3.05, 3.63) is 34.7 Å². The Labute approximate surface area is 145 Å². The maximum absolute atomic E-state index is 13.0. The summed E-state index contributed by atoms with van der Waals surface area (Å²) in [6, 6.07) is 3.55. The van der Waals surface area contributed by atoms with Crippen LogP contribution in [0.4, 0.5) is 0 Å². The molecular weight excluding hydrogens is 326 g/mol. The number of hydrogen-bond acceptors (Lipinski definition) is 6. The number of aromatic nitrogens is 2. The lowest BCUT2D eigenvalue weighted by atomic mass is 10.0. The molecular formula is C17H23N3O3S. The zero-order valence-corrected chi connectivity index (χ0v) is 14.7. The minimum atomic E-state index is -0.691. The number of hydrogen-bond donors (Lipinski definition) is 1. The van der Waals surface area contributed by atoms with Crippen molar-refractivity contribution in [2.45, 2.75) is 57.6 Å². The highest BCUT2D eigenvalue weighted by Gasteiger charge is 2.31. The average Bonchev–Trinajstić information content (AvgIpc) is 3.23. The molecule has 2 aromatic heterocycles. The standard InChI is InChI=1S/C17H23N3O3S/c1-2-13-16(24-19-18-13)17(22)20-9-5-3-4-7-12(20)11-14(21)15-8-6-10-23-15/h6,8,10,12,14,21H,2-5,7,9,11H2,1H3/t12-,14-/m0/s1. The maximum atomic E-state index is 13.0. The van der Waals surface area contributed by atoms with E-state index in [9.17, 15) is 9.90 Å². The third-order valence-corrected chi connectivity index (χ3v) is 5.35. The molecule has 1 aliphatic rings. The van der Waals surface area contributed by atoms with Crippen LogP contribution in [0.1, 0.15) is 66.3 Å². The third kappa shape index (κ3) is 3.67. The van der Waals surface area contributed by atoms with Crippen molar-refractivity contribution in [2.24, 2.45) is 0 Å². The molecule has 6 nitrogen and oxygen atoms in total. The Balaban J connectivity index is 1.78. The number of carbonyl (C=O) groups is 1. The second-order valence-corrected chi connectivity index (χ2v) is 6.93. The number of carbonyl (C=O) groups excluding carboxylic acids is 1. The van der Waals surface area contributed by atoms with E-state index in [-0.39, 0.29) is 11.9 Å². The molecule has 1 fully saturated rings. The van der Waals surface area contributed by atoms with Gasteiger partial charge in [-0.05, 0) is 42.9 Å². The lowest BCUT2D eigenvalue weighted by Crippen LogP contribution is -2.41. The highest BCUT2D eigenvalue weighted by Crippen LogP contribution is 2.28. The molecule has 0 radical (unpaired) electrons. The van der Waals surface area contributed by atoms with Crippen molar-refractivity contribution >= 4 is 17.4 Å². The molecule has 2 atom stereocenters. The van der Waals surface area contributed by atoms with E-state index in [2.05, 4.69) is 9.59 Å². The SMILES string of the molecule is CCc1nnsc1C(=O)N1CCCCC[C@H]1C[C@H](O)c1ccco1. The van der Waals surface area contributed by atoms with Crippen LogP contribution in [-0.2, 0) is 6.42 Å². The van der Waals surface area contributed by atoms with Gasteiger partial charge in [0.2, 0.25) is 0 Å². The molecule has 2 aromatic rings. The molecule has 3 rings (SSSR count). The molecule has 0 bridgehead atoms. The molecule has 0 aliphatic carbocycles. The maximum Gasteiger partial charge on any atom is 0.267 e. The number of amides is 1. The Hall–Kier alpha value is -1.73. The fraction of sp³-hybridized carbons (Fsp3) is 0.588. The number of aliphatic hydroxyl groups is 1. The normalized spacial score (nSPS) is 19.9. The van der Waals surface area contributed by atoms with Crippen LogP contribution in [0.3, 0.4) is 0 Å². The number of rotatable bonds is 5. The fourth-order valence-corrected chi connectivity index (χ4v) is 3.98. The summed E-state index contributed by atoms with van der Waals surface area (Å²) in [5.74, 6) is 0.556. The predicted molar refractivity (Wildman–Crippen MR) is 90.9 cm³/mol. The van der Waals surface area contributed by atoms with E-state index in [1.807, 2.05) is 11.8 Å². The third-order valence-electron chi connectivity index (χ3n) is 4.59. The first-order valence-electron chi connectivity index (χ1n) is 8.54. The lowest BCUT2D eigenvalue weighted by Gasteiger charge is -2.31. The van der Waals surface area contributed by atoms with E-state index < -0.39 is 6.10 Å². The smallest absolute Gasteiger partial charge is 0.267 e. The van der Waals surface area contributed by atoms with Crippen molar-refractivity contribution in [3.8, 4) is 0 Å². The number of aliphatic hydroxyl groups excluding tert-OH is 1. The van der Waals surface area contributed by atoms with Crippen molar-refractivity contribution in [1.82, 2.24) is 14.5 Å². The first-order valence-corrected chi connectivity index (χ1v) is 9.31. The van der Waals surface area contributed by atoms with Gasteiger partial charge < -0.3 is 14.4 Å². The van der Waals surface area contributed by atoms with Crippen molar-refractivity contribution in [1.29, 1.82) is 0 Å². The van der Waals surface area contributed by atoms with Gasteiger partial charge in [0.25, 0.3) is 5.91 Å². The summed E-state index contributed by atoms with van der Waals surface area (Å²) in [4.78, 5) is 15.6. The number of aryl methyl sites for hydroxylation is 1. The lowest BCUT2D eigenvalue weighted by molar-refractivity contribution is 0.0560. The van der Waals surface area contributed by atoms with E-state index in [0.29, 0.717) is 23.5 Å². The second-order valence-electron chi connectivity index (χ2n) is 6.17. The Morgan fingerprint density at radius 2 is 2.38 bits per heavy atom. The molecule has 0 spiro atoms. The van der Waals surface area contributed by atoms with E-state index in [0.717, 1.165) is 37.9 Å². The summed E-state index contributed by atoms with van der Waals surface area (Å²) < 4.78 is 9.24. The van der Waals surface area contributed by atoms with Crippen LogP contribution in [0.2, 0.25) is 0 Å². The largest absolute Gasteiger partial charge is 0.467 e. The van der Waals surface area contributed by atoms with Crippen molar-refractivity contribution in [2.75, 3.05) is 6.54 Å². The molecule has 3 heterocycles. The average molecular weight is 349 g/mol. The van der Waals surface area contributed by atoms with Crippen LogP contribution < -0.4 is 0 Å². The first-order chi connectivity index (χ1) is 11.7. The molecule has 1 aliphatic heterocycles. The van der Waals surface area contributed by atoms with Crippen LogP contribution in [-0.4, -0.2) is 38.1 Å². The highest BCUT2D eigenvalue weighted by atomic mass is 32.1. The first kappa shape index (κ1) is 17.1. The summed E-state index contributed by atoms with van der Waals surface area (Å²) in [6.07, 6.45) is 6.14. The van der Waals surface area contributed by atoms with Gasteiger partial charge in [0.1, 0.15) is 16.7 Å². The summed E-state index contributed by atoms with van der Waals surface area (Å²) in [6.45, 7) is 2.70. The van der Waals surface area contributed by atoms with Crippen molar-refractivity contribution in [3.63, 3.8) is 0 Å². The molecule has 1 saturated heterocycles. The quantitative estimate of drug-likeness (QED) is 0.897. The van der Waals surface area contributed by atoms with Crippen LogP contribution in [0.25, 0.3) is 0 Å². The van der Waals surface area contributed by atoms with Gasteiger partial charge in [-0.25, -0.2) is 0 Å². The Morgan fingerprint density at radius 3 is 3.12 bits per heavy atom. The second kappa shape index (κ2) is 7.90. The van der Waals surface area contributed by atoms with E-state index in [1.54, 1.807) is 18.4 Å². The van der Waals surface area contributed by atoms with Gasteiger partial charge in [-0.1, -0.05) is 24.3 Å². The topological polar surface area (TPSA) is 79.5 Å². The molecule has 130 valence electrons. The van der Waals surface area contributed by atoms with Gasteiger partial charge in [-0.15, -0.1) is 5.10 Å². The van der Waals surface area contributed by atoms with Gasteiger partial charge in [0.15, 0.2) is 0 Å². The Kier molecular flexibility index (Phi) is 5.63. The minimum absolute atomic E-state index is 0.000366. The van der Waals surface area contributed by atoms with Crippen LogP contribution in [0.15, 0.2) is 22.8 Å². The van der Waals surface area contributed by atoms with Crippen LogP contribution in [0.5, 0.6) is 0 Å². The number of furan rings is 1. The molecule has 0 unspecified atom stereocenters. The van der Waals surface area contributed by atoms with E-state index in [4.69, 9.17) is 4.42 Å². The summed E-state index contributed by atoms with van der Waals surface area (Å²) in [7, 11) is 0. The van der Waals surface area contributed by atoms with Gasteiger partial charge in [0, 0.05) is 19.0 Å². The van der Waals surface area contributed by atoms with E-state index in [1.165, 1.54) is 11.5 Å². The molecule has 1 amide bonds. The molecule has 0 saturated carbocycles. The molecule has 7 heteroatoms. The molecule has 24 heavy (non-hydrogen) atoms. The fourth-order valence-electron chi connectivity index (χ4n) is 3.28. The van der Waals surface area contributed by atoms with Gasteiger partial charge in [0.05, 0.1) is 12.0 Å². The molecule has 1 N–H and O–H groups in total. The highest BCUT2D eigenvalue weighted by molar-refractivity contribution is 7.08. The monoisotopic (exact) mass is 349 g/mol. The summed E-state index contributed by atoms with van der Waals surface area (Å²) in [5, 5.41) is 14.5. The van der Waals surface area contributed by atoms with E-state index >= 15 is 0 Å². The Morgan fingerprint density at radius 1 is 1.50 bits per heavy atom. The minimum Gasteiger partial charge on any atom is -0.467 e. The summed E-state index contributed by atoms with van der Waals surface area (Å²) >= 11 is 1.17. The number of likely N-dealkylation sites (tertiary alicyclic amines) is 1. The zero-order chi connectivity index (χ0) is 16.9. The predicted octanol–water partition coefficient (Wildman–Crippen LogP) is 3.20. The van der Waals surface area contributed by atoms with Crippen molar-refractivity contribution < 1.29 is 14.3 Å². The summed E-state index contributed by atoms with van der Waals surface area (Å²) in [5.41, 5.74) is 0.763. The van der Waals surface area contributed by atoms with Crippen LogP contribution >= 0.6 is 11.5 Å². The molecule has 0 aromatic carbocycles. The van der Waals surface area contributed by atoms with Crippen LogP contribution in [0, 0.1) is 0 Å². The zero-order valence-electron chi connectivity index (χ0n) is 13.9. The van der Waals surface area contributed by atoms with Gasteiger partial charge in [-0.2, -0.15) is 0 Å². The number of nitrogens with zero attached hydrogens (tertiary/aromatic N) is 3. The van der Waals surface area contributed by atoms with Gasteiger partial charge in [-0.3, -0.25) is 4.79 Å². The van der Waals surface area contributed by atoms with Gasteiger partial charge >= 0.3 is 0 Å².